The molecule has 202 valence electrons. The van der Waals surface area contributed by atoms with Crippen LogP contribution in [0.1, 0.15) is 44.7 Å². The van der Waals surface area contributed by atoms with Crippen molar-refractivity contribution in [3.05, 3.63) is 99.3 Å². The molecule has 0 fully saturated rings. The normalized spacial score (nSPS) is 15.0. The van der Waals surface area contributed by atoms with E-state index in [4.69, 9.17) is 16.3 Å². The lowest BCUT2D eigenvalue weighted by molar-refractivity contribution is -0.206. The minimum Gasteiger partial charge on any atom is -0.435 e. The van der Waals surface area contributed by atoms with Crippen molar-refractivity contribution >= 4 is 29.1 Å². The van der Waals surface area contributed by atoms with Crippen LogP contribution in [0.5, 0.6) is 0 Å². The summed E-state index contributed by atoms with van der Waals surface area (Å²) >= 11 is 6.02. The first-order valence-corrected chi connectivity index (χ1v) is 12.8. The summed E-state index contributed by atoms with van der Waals surface area (Å²) in [5, 5.41) is 2.88. The smallest absolute Gasteiger partial charge is 0.426 e. The number of hydrogen-bond acceptors (Lipinski definition) is 3. The fraction of sp³-hybridized carbons (Fsp3) is 0.333. The second-order valence-electron chi connectivity index (χ2n) is 9.16. The van der Waals surface area contributed by atoms with Gasteiger partial charge in [0.2, 0.25) is 6.10 Å². The molecule has 0 saturated heterocycles. The summed E-state index contributed by atoms with van der Waals surface area (Å²) in [6.07, 6.45) is -3.42. The van der Waals surface area contributed by atoms with Crippen LogP contribution in [0.15, 0.2) is 83.1 Å². The zero-order chi connectivity index (χ0) is 28.0. The summed E-state index contributed by atoms with van der Waals surface area (Å²) in [7, 11) is 0. The van der Waals surface area contributed by atoms with Gasteiger partial charge in [0.15, 0.2) is 0 Å². The van der Waals surface area contributed by atoms with E-state index in [9.17, 15) is 18.0 Å². The average molecular weight is 545 g/mol. The predicted molar refractivity (Wildman–Crippen MR) is 148 cm³/mol. The lowest BCUT2D eigenvalue weighted by Crippen LogP contribution is -2.41. The molecule has 0 bridgehead atoms. The molecule has 4 nitrogen and oxygen atoms in total. The van der Waals surface area contributed by atoms with Gasteiger partial charge in [0.1, 0.15) is 0 Å². The maximum atomic E-state index is 14.6. The van der Waals surface area contributed by atoms with Gasteiger partial charge >= 0.3 is 12.3 Å². The number of nitrogens with zero attached hydrogens (tertiary/aromatic N) is 1. The van der Waals surface area contributed by atoms with Gasteiger partial charge in [-0.05, 0) is 87.7 Å². The number of alkyl halides is 3. The highest BCUT2D eigenvalue weighted by Gasteiger charge is 2.50. The highest BCUT2D eigenvalue weighted by atomic mass is 35.5. The number of rotatable bonds is 8. The maximum absolute atomic E-state index is 14.6. The van der Waals surface area contributed by atoms with E-state index in [-0.39, 0.29) is 5.57 Å². The van der Waals surface area contributed by atoms with Crippen LogP contribution in [-0.4, -0.2) is 31.5 Å². The van der Waals surface area contributed by atoms with Crippen molar-refractivity contribution in [2.75, 3.05) is 23.3 Å². The van der Waals surface area contributed by atoms with E-state index in [2.05, 4.69) is 15.9 Å². The number of carbonyl (C=O) groups is 1. The lowest BCUT2D eigenvalue weighted by atomic mass is 9.82. The van der Waals surface area contributed by atoms with Crippen LogP contribution in [-0.2, 0) is 4.74 Å². The number of aryl methyl sites for hydroxylation is 1. The molecule has 0 radical (unpaired) electrons. The number of hydrogen-bond donors (Lipinski definition) is 1. The Hall–Kier alpha value is -3.41. The molecule has 1 aliphatic carbocycles. The van der Waals surface area contributed by atoms with Crippen molar-refractivity contribution in [3.63, 3.8) is 0 Å². The number of amides is 1. The fourth-order valence-corrected chi connectivity index (χ4v) is 4.62. The molecule has 0 heterocycles. The van der Waals surface area contributed by atoms with Crippen LogP contribution in [0.4, 0.5) is 29.3 Å². The molecule has 0 spiro atoms. The van der Waals surface area contributed by atoms with Gasteiger partial charge in [0.25, 0.3) is 0 Å². The number of carbonyl (C=O) groups excluding carboxylic acids is 1. The molecular weight excluding hydrogens is 513 g/mol. The van der Waals surface area contributed by atoms with E-state index >= 15 is 0 Å². The second-order valence-corrected chi connectivity index (χ2v) is 9.59. The minimum absolute atomic E-state index is 0.273. The highest BCUT2D eigenvalue weighted by Crippen LogP contribution is 2.42. The molecule has 2 aromatic rings. The summed E-state index contributed by atoms with van der Waals surface area (Å²) in [5.74, 6) is -1.36. The van der Waals surface area contributed by atoms with Crippen LogP contribution < -0.4 is 10.2 Å². The summed E-state index contributed by atoms with van der Waals surface area (Å²) in [6.45, 7) is 11.0. The van der Waals surface area contributed by atoms with Gasteiger partial charge in [-0.25, -0.2) is 4.79 Å². The molecule has 2 aromatic carbocycles. The highest BCUT2D eigenvalue weighted by molar-refractivity contribution is 6.30. The Morgan fingerprint density at radius 3 is 2.32 bits per heavy atom. The average Bonchev–Trinajstić information content (AvgIpc) is 3.01. The van der Waals surface area contributed by atoms with Gasteiger partial charge in [-0.15, -0.1) is 5.73 Å². The Balaban J connectivity index is 1.98. The zero-order valence-electron chi connectivity index (χ0n) is 22.1. The number of benzene rings is 2. The van der Waals surface area contributed by atoms with E-state index < -0.39 is 24.3 Å². The van der Waals surface area contributed by atoms with Crippen molar-refractivity contribution in [2.24, 2.45) is 0 Å². The van der Waals surface area contributed by atoms with Gasteiger partial charge in [0.05, 0.1) is 5.92 Å². The van der Waals surface area contributed by atoms with Crippen molar-refractivity contribution in [3.8, 4) is 0 Å². The zero-order valence-corrected chi connectivity index (χ0v) is 22.9. The van der Waals surface area contributed by atoms with E-state index in [1.807, 2.05) is 32.9 Å². The Morgan fingerprint density at radius 1 is 1.08 bits per heavy atom. The van der Waals surface area contributed by atoms with Gasteiger partial charge in [-0.3, -0.25) is 5.32 Å². The fourth-order valence-electron chi connectivity index (χ4n) is 4.49. The topological polar surface area (TPSA) is 41.6 Å². The number of nitrogens with one attached hydrogen (secondary N) is 1. The summed E-state index contributed by atoms with van der Waals surface area (Å²) in [5.41, 5.74) is 7.06. The predicted octanol–water partition coefficient (Wildman–Crippen LogP) is 8.75. The summed E-state index contributed by atoms with van der Waals surface area (Å²) in [6, 6.07) is 11.4. The third-order valence-electron chi connectivity index (χ3n) is 6.43. The quantitative estimate of drug-likeness (QED) is 0.338. The van der Waals surface area contributed by atoms with E-state index in [1.165, 1.54) is 24.3 Å². The third kappa shape index (κ3) is 7.12. The molecule has 38 heavy (non-hydrogen) atoms. The molecule has 1 N–H and O–H groups in total. The molecule has 2 unspecified atom stereocenters. The molecule has 0 saturated carbocycles. The first-order valence-electron chi connectivity index (χ1n) is 12.4. The number of halogens is 4. The van der Waals surface area contributed by atoms with Crippen molar-refractivity contribution in [1.29, 1.82) is 0 Å². The molecule has 8 heteroatoms. The summed E-state index contributed by atoms with van der Waals surface area (Å²) < 4.78 is 48.9. The van der Waals surface area contributed by atoms with Crippen LogP contribution in [0.3, 0.4) is 0 Å². The molecule has 1 aliphatic rings. The first kappa shape index (κ1) is 29.2. The van der Waals surface area contributed by atoms with E-state index in [1.54, 1.807) is 38.1 Å². The van der Waals surface area contributed by atoms with Crippen LogP contribution in [0.25, 0.3) is 0 Å². The first-order chi connectivity index (χ1) is 17.9. The number of allylic oxidation sites excluding steroid dienone is 4. The molecule has 0 aromatic heterocycles. The van der Waals surface area contributed by atoms with Gasteiger partial charge in [-0.1, -0.05) is 41.5 Å². The Kier molecular flexibility index (Phi) is 9.53. The van der Waals surface area contributed by atoms with Crippen LogP contribution >= 0.6 is 11.6 Å². The summed E-state index contributed by atoms with van der Waals surface area (Å²) in [4.78, 5) is 15.0. The second kappa shape index (κ2) is 12.4. The Bertz CT molecular complexity index is 1290. The van der Waals surface area contributed by atoms with Crippen molar-refractivity contribution < 1.29 is 22.7 Å². The third-order valence-corrected chi connectivity index (χ3v) is 6.68. The van der Waals surface area contributed by atoms with E-state index in [0.717, 1.165) is 24.4 Å². The minimum atomic E-state index is -4.87. The Morgan fingerprint density at radius 2 is 1.74 bits per heavy atom. The van der Waals surface area contributed by atoms with Crippen LogP contribution in [0, 0.1) is 6.92 Å². The molecule has 3 rings (SSSR count). The van der Waals surface area contributed by atoms with Gasteiger partial charge in [-0.2, -0.15) is 13.2 Å². The SMILES string of the molecule is CCN(CC)c1ccc(NC(=O)OC(C(C2=C=CC=C(C)C=C2C)c2ccc(Cl)cc2)C(F)(F)F)c(C)c1. The van der Waals surface area contributed by atoms with Gasteiger partial charge in [0, 0.05) is 35.1 Å². The number of ether oxygens (including phenoxy) is 1. The van der Waals surface area contributed by atoms with E-state index in [0.29, 0.717) is 27.4 Å². The maximum Gasteiger partial charge on any atom is 0.426 e. The monoisotopic (exact) mass is 544 g/mol. The van der Waals surface area contributed by atoms with Gasteiger partial charge < -0.3 is 9.64 Å². The molecule has 2 atom stereocenters. The molecular formula is C30H32ClF3N2O2. The van der Waals surface area contributed by atoms with Crippen LogP contribution in [0.2, 0.25) is 5.02 Å². The molecule has 1 amide bonds. The lowest BCUT2D eigenvalue weighted by Gasteiger charge is -2.31. The standard InChI is InChI=1S/C30H32ClF3N2O2/c1-6-36(7-2)24-15-16-26(21(5)18-24)35-29(37)38-28(30(32,33)34)27(22-11-13-23(31)14-12-22)25-10-8-9-19(3)17-20(25)4/h8-9,11-18,27-28H,6-7H2,1-5H3,(H,35,37). The number of anilines is 2. The van der Waals surface area contributed by atoms with Crippen molar-refractivity contribution in [2.45, 2.75) is 52.8 Å². The Labute approximate surface area is 227 Å². The molecule has 0 aliphatic heterocycles. The largest absolute Gasteiger partial charge is 0.435 e. The van der Waals surface area contributed by atoms with Crippen molar-refractivity contribution in [1.82, 2.24) is 0 Å².